The molecule has 8 nitrogen and oxygen atoms in total. The van der Waals surface area contributed by atoms with Crippen LogP contribution in [0.25, 0.3) is 0 Å². The highest BCUT2D eigenvalue weighted by Crippen LogP contribution is 2.33. The lowest BCUT2D eigenvalue weighted by Crippen LogP contribution is -2.52. The molecule has 0 radical (unpaired) electrons. The molecular formula is C31H38ClN3O5S2. The summed E-state index contributed by atoms with van der Waals surface area (Å²) in [5.74, 6) is -0.574. The van der Waals surface area contributed by atoms with Gasteiger partial charge in [0, 0.05) is 22.5 Å². The van der Waals surface area contributed by atoms with E-state index < -0.39 is 28.5 Å². The zero-order valence-corrected chi connectivity index (χ0v) is 26.9. The van der Waals surface area contributed by atoms with Gasteiger partial charge in [0.1, 0.15) is 18.3 Å². The molecule has 0 heterocycles. The third kappa shape index (κ3) is 8.42. The number of carbonyl (C=O) groups is 2. The molecule has 0 unspecified atom stereocenters. The fraction of sp³-hybridized carbons (Fsp3) is 0.355. The van der Waals surface area contributed by atoms with Gasteiger partial charge in [-0.3, -0.25) is 13.9 Å². The third-order valence-corrected chi connectivity index (χ3v) is 9.52. The number of rotatable bonds is 14. The number of benzene rings is 3. The Hall–Kier alpha value is -3.21. The summed E-state index contributed by atoms with van der Waals surface area (Å²) in [6.45, 7) is 7.06. The highest BCUT2D eigenvalue weighted by atomic mass is 35.5. The van der Waals surface area contributed by atoms with Crippen LogP contribution >= 0.6 is 23.4 Å². The maximum absolute atomic E-state index is 14.1. The average molecular weight is 632 g/mol. The number of halogens is 1. The fourth-order valence-corrected chi connectivity index (χ4v) is 6.25. The average Bonchev–Trinajstić information content (AvgIpc) is 2.98. The summed E-state index contributed by atoms with van der Waals surface area (Å²) in [5, 5.41) is 3.41. The second kappa shape index (κ2) is 15.3. The van der Waals surface area contributed by atoms with Crippen molar-refractivity contribution in [3.8, 4) is 5.75 Å². The zero-order chi connectivity index (χ0) is 30.9. The molecule has 0 fully saturated rings. The van der Waals surface area contributed by atoms with Crippen LogP contribution in [0.2, 0.25) is 5.02 Å². The third-order valence-electron chi connectivity index (χ3n) is 6.77. The number of para-hydroxylation sites is 2. The van der Waals surface area contributed by atoms with Gasteiger partial charge in [-0.05, 0) is 87.5 Å². The number of thioether (sulfide) groups is 1. The van der Waals surface area contributed by atoms with Crippen LogP contribution in [0.4, 0.5) is 5.69 Å². The monoisotopic (exact) mass is 631 g/mol. The van der Waals surface area contributed by atoms with Gasteiger partial charge >= 0.3 is 0 Å². The van der Waals surface area contributed by atoms with E-state index in [0.717, 1.165) is 15.6 Å². The van der Waals surface area contributed by atoms with Gasteiger partial charge in [0.2, 0.25) is 11.8 Å². The summed E-state index contributed by atoms with van der Waals surface area (Å²) in [7, 11) is -4.22. The molecular weight excluding hydrogens is 594 g/mol. The lowest BCUT2D eigenvalue weighted by molar-refractivity contribution is -0.139. The first-order chi connectivity index (χ1) is 20.0. The molecule has 0 aromatic heterocycles. The van der Waals surface area contributed by atoms with E-state index in [2.05, 4.69) is 5.32 Å². The van der Waals surface area contributed by atoms with Crippen molar-refractivity contribution in [1.29, 1.82) is 0 Å². The van der Waals surface area contributed by atoms with Crippen molar-refractivity contribution in [3.63, 3.8) is 0 Å². The van der Waals surface area contributed by atoms with Crippen LogP contribution in [-0.2, 0) is 26.2 Å². The van der Waals surface area contributed by atoms with Gasteiger partial charge in [-0.25, -0.2) is 8.42 Å². The Morgan fingerprint density at radius 3 is 2.31 bits per heavy atom. The minimum Gasteiger partial charge on any atom is -0.492 e. The standard InChI is InChI=1S/C31H38ClN3O5S2/c1-6-22(3)33-31(37)23(4)34(20-24-11-10-12-25(32)19-24)30(36)21-35(28-13-8-9-14-29(28)40-7-2)42(38,39)27-17-15-26(41-5)16-18-27/h8-19,22-23H,6-7,20-21H2,1-5H3,(H,33,37)/t22-,23-/m1/s1. The number of amides is 2. The molecule has 0 spiro atoms. The molecule has 0 saturated carbocycles. The van der Waals surface area contributed by atoms with E-state index >= 15 is 0 Å². The van der Waals surface area contributed by atoms with Crippen LogP contribution in [0.5, 0.6) is 5.75 Å². The Morgan fingerprint density at radius 1 is 1.00 bits per heavy atom. The van der Waals surface area contributed by atoms with Gasteiger partial charge in [0.25, 0.3) is 10.0 Å². The SMILES string of the molecule is CCOc1ccccc1N(CC(=O)N(Cc1cccc(Cl)c1)[C@H](C)C(=O)N[C@H](C)CC)S(=O)(=O)c1ccc(SC)cc1. The van der Waals surface area contributed by atoms with E-state index in [9.17, 15) is 18.0 Å². The number of sulfonamides is 1. The Morgan fingerprint density at radius 2 is 1.69 bits per heavy atom. The summed E-state index contributed by atoms with van der Waals surface area (Å²) in [5.41, 5.74) is 0.928. The summed E-state index contributed by atoms with van der Waals surface area (Å²) in [6, 6.07) is 19.2. The maximum atomic E-state index is 14.1. The smallest absolute Gasteiger partial charge is 0.264 e. The van der Waals surface area contributed by atoms with E-state index in [1.165, 1.54) is 28.8 Å². The first-order valence-corrected chi connectivity index (χ1v) is 16.8. The number of hydrogen-bond donors (Lipinski definition) is 1. The van der Waals surface area contributed by atoms with Crippen LogP contribution in [0.1, 0.15) is 39.7 Å². The predicted molar refractivity (Wildman–Crippen MR) is 170 cm³/mol. The Bertz CT molecular complexity index is 1470. The van der Waals surface area contributed by atoms with E-state index in [1.807, 2.05) is 20.1 Å². The lowest BCUT2D eigenvalue weighted by Gasteiger charge is -2.33. The first-order valence-electron chi connectivity index (χ1n) is 13.7. The van der Waals surface area contributed by atoms with E-state index in [0.29, 0.717) is 22.9 Å². The van der Waals surface area contributed by atoms with Gasteiger partial charge < -0.3 is 15.0 Å². The second-order valence-corrected chi connectivity index (χ2v) is 12.9. The van der Waals surface area contributed by atoms with Gasteiger partial charge in [-0.2, -0.15) is 0 Å². The van der Waals surface area contributed by atoms with Crippen molar-refractivity contribution >= 4 is 50.9 Å². The molecule has 3 rings (SSSR count). The molecule has 2 amide bonds. The minimum atomic E-state index is -4.22. The molecule has 0 saturated heterocycles. The lowest BCUT2D eigenvalue weighted by atomic mass is 10.1. The van der Waals surface area contributed by atoms with Crippen molar-refractivity contribution < 1.29 is 22.7 Å². The van der Waals surface area contributed by atoms with Crippen LogP contribution in [0.3, 0.4) is 0 Å². The molecule has 0 aliphatic carbocycles. The zero-order valence-electron chi connectivity index (χ0n) is 24.5. The Kier molecular flexibility index (Phi) is 12.1. The highest BCUT2D eigenvalue weighted by molar-refractivity contribution is 7.98. The van der Waals surface area contributed by atoms with Gasteiger partial charge in [0.05, 0.1) is 17.2 Å². The van der Waals surface area contributed by atoms with E-state index in [-0.39, 0.29) is 29.1 Å². The van der Waals surface area contributed by atoms with Crippen LogP contribution in [0.15, 0.2) is 82.6 Å². The van der Waals surface area contributed by atoms with Crippen molar-refractivity contribution in [2.45, 2.75) is 62.5 Å². The molecule has 3 aromatic carbocycles. The topological polar surface area (TPSA) is 96.0 Å². The number of anilines is 1. The number of nitrogens with one attached hydrogen (secondary N) is 1. The minimum absolute atomic E-state index is 0.0309. The normalized spacial score (nSPS) is 12.7. The molecule has 226 valence electrons. The number of ether oxygens (including phenoxy) is 1. The number of hydrogen-bond acceptors (Lipinski definition) is 6. The van der Waals surface area contributed by atoms with Crippen molar-refractivity contribution in [2.24, 2.45) is 0 Å². The van der Waals surface area contributed by atoms with E-state index in [1.54, 1.807) is 74.5 Å². The van der Waals surface area contributed by atoms with Gasteiger partial charge in [-0.15, -0.1) is 11.8 Å². The predicted octanol–water partition coefficient (Wildman–Crippen LogP) is 5.99. The van der Waals surface area contributed by atoms with Crippen LogP contribution in [0, 0.1) is 0 Å². The summed E-state index contributed by atoms with van der Waals surface area (Å²) in [6.07, 6.45) is 2.62. The van der Waals surface area contributed by atoms with Crippen molar-refractivity contribution in [2.75, 3.05) is 23.7 Å². The number of nitrogens with zero attached hydrogens (tertiary/aromatic N) is 2. The van der Waals surface area contributed by atoms with E-state index in [4.69, 9.17) is 16.3 Å². The second-order valence-electron chi connectivity index (χ2n) is 9.73. The largest absolute Gasteiger partial charge is 0.492 e. The highest BCUT2D eigenvalue weighted by Gasteiger charge is 2.34. The molecule has 0 aliphatic heterocycles. The molecule has 2 atom stereocenters. The first kappa shape index (κ1) is 33.3. The molecule has 1 N–H and O–H groups in total. The molecule has 3 aromatic rings. The Labute approximate surface area is 258 Å². The van der Waals surface area contributed by atoms with Crippen LogP contribution < -0.4 is 14.4 Å². The van der Waals surface area contributed by atoms with Crippen molar-refractivity contribution in [1.82, 2.24) is 10.2 Å². The summed E-state index contributed by atoms with van der Waals surface area (Å²) < 4.78 is 35.1. The molecule has 11 heteroatoms. The molecule has 0 bridgehead atoms. The number of carbonyl (C=O) groups excluding carboxylic acids is 2. The van der Waals surface area contributed by atoms with Crippen molar-refractivity contribution in [3.05, 3.63) is 83.4 Å². The molecule has 42 heavy (non-hydrogen) atoms. The summed E-state index contributed by atoms with van der Waals surface area (Å²) in [4.78, 5) is 29.6. The molecule has 0 aliphatic rings. The van der Waals surface area contributed by atoms with Gasteiger partial charge in [-0.1, -0.05) is 42.8 Å². The quantitative estimate of drug-likeness (QED) is 0.220. The Balaban J connectivity index is 2.08. The fourth-order valence-electron chi connectivity index (χ4n) is 4.21. The van der Waals surface area contributed by atoms with Crippen LogP contribution in [-0.4, -0.2) is 56.6 Å². The maximum Gasteiger partial charge on any atom is 0.264 e. The van der Waals surface area contributed by atoms with Gasteiger partial charge in [0.15, 0.2) is 0 Å². The summed E-state index contributed by atoms with van der Waals surface area (Å²) >= 11 is 7.71.